The van der Waals surface area contributed by atoms with E-state index in [1.165, 1.54) is 12.1 Å². The summed E-state index contributed by atoms with van der Waals surface area (Å²) in [6.07, 6.45) is 1.21. The highest BCUT2D eigenvalue weighted by Gasteiger charge is 2.27. The number of non-ortho nitro benzene ring substituents is 1. The number of amides is 2. The van der Waals surface area contributed by atoms with Gasteiger partial charge in [0, 0.05) is 30.9 Å². The number of anilines is 2. The molecular weight excluding hydrogens is 366 g/mol. The number of nitrogens with one attached hydrogen (secondary N) is 2. The van der Waals surface area contributed by atoms with Gasteiger partial charge in [-0.15, -0.1) is 0 Å². The number of para-hydroxylation sites is 1. The van der Waals surface area contributed by atoms with Gasteiger partial charge in [-0.05, 0) is 31.0 Å². The number of urea groups is 1. The normalized spacial score (nSPS) is 14.4. The second kappa shape index (κ2) is 8.33. The average molecular weight is 385 g/mol. The van der Waals surface area contributed by atoms with Crippen LogP contribution in [0.5, 0.6) is 0 Å². The SMILES string of the molecule is O=C(Nc1ccccc1)NC1CCN(c2ccc([N+](=O)[O-])cc2[N+](=O)[O-])CC1. The molecule has 0 unspecified atom stereocenters. The maximum Gasteiger partial charge on any atom is 0.319 e. The van der Waals surface area contributed by atoms with Crippen molar-refractivity contribution < 1.29 is 14.6 Å². The molecular formula is C18H19N5O5. The van der Waals surface area contributed by atoms with Crippen LogP contribution in [0.4, 0.5) is 27.5 Å². The number of rotatable bonds is 5. The summed E-state index contributed by atoms with van der Waals surface area (Å²) in [7, 11) is 0. The molecule has 2 N–H and O–H groups in total. The first-order chi connectivity index (χ1) is 13.4. The summed E-state index contributed by atoms with van der Waals surface area (Å²) in [5.74, 6) is 0. The average Bonchev–Trinajstić information content (AvgIpc) is 2.68. The maximum atomic E-state index is 12.1. The first-order valence-corrected chi connectivity index (χ1v) is 8.74. The van der Waals surface area contributed by atoms with E-state index in [1.807, 2.05) is 23.1 Å². The number of benzene rings is 2. The van der Waals surface area contributed by atoms with Crippen molar-refractivity contribution in [2.24, 2.45) is 0 Å². The molecule has 2 aromatic carbocycles. The molecule has 0 radical (unpaired) electrons. The van der Waals surface area contributed by atoms with Crippen molar-refractivity contribution in [3.63, 3.8) is 0 Å². The first kappa shape index (κ1) is 19.1. The Hall–Kier alpha value is -3.69. The van der Waals surface area contributed by atoms with Crippen LogP contribution in [0.2, 0.25) is 0 Å². The number of hydrogen-bond donors (Lipinski definition) is 2. The molecule has 1 heterocycles. The van der Waals surface area contributed by atoms with Crippen LogP contribution >= 0.6 is 0 Å². The van der Waals surface area contributed by atoms with Gasteiger partial charge in [-0.25, -0.2) is 4.79 Å². The number of piperidine rings is 1. The Morgan fingerprint density at radius 2 is 1.68 bits per heavy atom. The molecule has 0 spiro atoms. The van der Waals surface area contributed by atoms with Crippen molar-refractivity contribution in [3.05, 3.63) is 68.8 Å². The molecule has 1 aliphatic heterocycles. The fourth-order valence-corrected chi connectivity index (χ4v) is 3.18. The second-order valence-corrected chi connectivity index (χ2v) is 6.41. The van der Waals surface area contributed by atoms with E-state index in [-0.39, 0.29) is 23.4 Å². The van der Waals surface area contributed by atoms with Crippen LogP contribution in [0.25, 0.3) is 0 Å². The van der Waals surface area contributed by atoms with Gasteiger partial charge in [-0.2, -0.15) is 0 Å². The van der Waals surface area contributed by atoms with Crippen LogP contribution in [0.1, 0.15) is 12.8 Å². The lowest BCUT2D eigenvalue weighted by Gasteiger charge is -2.33. The van der Waals surface area contributed by atoms with Gasteiger partial charge in [0.1, 0.15) is 5.69 Å². The van der Waals surface area contributed by atoms with Crippen molar-refractivity contribution >= 4 is 28.8 Å². The van der Waals surface area contributed by atoms with Crippen LogP contribution < -0.4 is 15.5 Å². The minimum absolute atomic E-state index is 0.0583. The van der Waals surface area contributed by atoms with E-state index in [0.717, 1.165) is 6.07 Å². The van der Waals surface area contributed by atoms with Gasteiger partial charge in [0.15, 0.2) is 0 Å². The van der Waals surface area contributed by atoms with Gasteiger partial charge in [0.2, 0.25) is 0 Å². The minimum Gasteiger partial charge on any atom is -0.366 e. The monoisotopic (exact) mass is 385 g/mol. The number of carbonyl (C=O) groups is 1. The van der Waals surface area contributed by atoms with E-state index in [0.29, 0.717) is 37.3 Å². The predicted octanol–water partition coefficient (Wildman–Crippen LogP) is 3.29. The van der Waals surface area contributed by atoms with Crippen LogP contribution in [0.15, 0.2) is 48.5 Å². The highest BCUT2D eigenvalue weighted by molar-refractivity contribution is 5.89. The third-order valence-electron chi connectivity index (χ3n) is 4.57. The Balaban J connectivity index is 1.60. The Kier molecular flexibility index (Phi) is 5.68. The van der Waals surface area contributed by atoms with Crippen LogP contribution in [-0.4, -0.2) is 35.0 Å². The lowest BCUT2D eigenvalue weighted by Crippen LogP contribution is -2.46. The number of carbonyl (C=O) groups excluding carboxylic acids is 1. The molecule has 0 bridgehead atoms. The summed E-state index contributed by atoms with van der Waals surface area (Å²) in [5.41, 5.74) is 0.439. The summed E-state index contributed by atoms with van der Waals surface area (Å²) in [6, 6.07) is 12.4. The zero-order valence-electron chi connectivity index (χ0n) is 14.9. The fraction of sp³-hybridized carbons (Fsp3) is 0.278. The second-order valence-electron chi connectivity index (χ2n) is 6.41. The highest BCUT2D eigenvalue weighted by Crippen LogP contribution is 2.33. The van der Waals surface area contributed by atoms with E-state index >= 15 is 0 Å². The van der Waals surface area contributed by atoms with E-state index in [2.05, 4.69) is 10.6 Å². The van der Waals surface area contributed by atoms with Crippen molar-refractivity contribution in [3.8, 4) is 0 Å². The summed E-state index contributed by atoms with van der Waals surface area (Å²) < 4.78 is 0. The third-order valence-corrected chi connectivity index (χ3v) is 4.57. The quantitative estimate of drug-likeness (QED) is 0.600. The molecule has 28 heavy (non-hydrogen) atoms. The highest BCUT2D eigenvalue weighted by atomic mass is 16.6. The lowest BCUT2D eigenvalue weighted by molar-refractivity contribution is -0.393. The van der Waals surface area contributed by atoms with Crippen molar-refractivity contribution in [2.45, 2.75) is 18.9 Å². The summed E-state index contributed by atoms with van der Waals surface area (Å²) in [6.45, 7) is 0.990. The number of nitro benzene ring substituents is 2. The van der Waals surface area contributed by atoms with E-state index in [4.69, 9.17) is 0 Å². The summed E-state index contributed by atoms with van der Waals surface area (Å²) in [4.78, 5) is 34.8. The molecule has 3 rings (SSSR count). The first-order valence-electron chi connectivity index (χ1n) is 8.74. The fourth-order valence-electron chi connectivity index (χ4n) is 3.18. The standard InChI is InChI=1S/C18H19N5O5/c24-18(19-13-4-2-1-3-5-13)20-14-8-10-21(11-9-14)16-7-6-15(22(25)26)12-17(16)23(27)28/h1-7,12,14H,8-11H2,(H2,19,20,24). The Bertz CT molecular complexity index is 881. The molecule has 1 saturated heterocycles. The Labute approximate surface area is 160 Å². The van der Waals surface area contributed by atoms with Crippen LogP contribution in [0.3, 0.4) is 0 Å². The summed E-state index contributed by atoms with van der Waals surface area (Å²) in [5, 5.41) is 27.8. The number of nitrogens with zero attached hydrogens (tertiary/aromatic N) is 3. The number of hydrogen-bond acceptors (Lipinski definition) is 6. The van der Waals surface area contributed by atoms with Gasteiger partial charge < -0.3 is 15.5 Å². The topological polar surface area (TPSA) is 131 Å². The van der Waals surface area contributed by atoms with Gasteiger partial charge >= 0.3 is 6.03 Å². The molecule has 0 aliphatic carbocycles. The van der Waals surface area contributed by atoms with E-state index in [9.17, 15) is 25.0 Å². The molecule has 10 heteroatoms. The maximum absolute atomic E-state index is 12.1. The Morgan fingerprint density at radius 1 is 1.00 bits per heavy atom. The molecule has 2 aromatic rings. The van der Waals surface area contributed by atoms with Crippen molar-refractivity contribution in [2.75, 3.05) is 23.3 Å². The number of nitro groups is 2. The minimum atomic E-state index is -0.654. The molecule has 10 nitrogen and oxygen atoms in total. The molecule has 0 saturated carbocycles. The van der Waals surface area contributed by atoms with Gasteiger partial charge in [0.25, 0.3) is 11.4 Å². The van der Waals surface area contributed by atoms with Crippen molar-refractivity contribution in [1.29, 1.82) is 0 Å². The predicted molar refractivity (Wildman–Crippen MR) is 104 cm³/mol. The summed E-state index contributed by atoms with van der Waals surface area (Å²) >= 11 is 0. The zero-order chi connectivity index (χ0) is 20.1. The Morgan fingerprint density at radius 3 is 2.29 bits per heavy atom. The van der Waals surface area contributed by atoms with E-state index < -0.39 is 9.85 Å². The zero-order valence-corrected chi connectivity index (χ0v) is 14.9. The molecule has 2 amide bonds. The molecule has 146 valence electrons. The third kappa shape index (κ3) is 4.53. The van der Waals surface area contributed by atoms with Crippen molar-refractivity contribution in [1.82, 2.24) is 5.32 Å². The van der Waals surface area contributed by atoms with E-state index in [1.54, 1.807) is 12.1 Å². The van der Waals surface area contributed by atoms with Gasteiger partial charge in [-0.1, -0.05) is 18.2 Å². The van der Waals surface area contributed by atoms with Crippen LogP contribution in [0, 0.1) is 20.2 Å². The van der Waals surface area contributed by atoms with Gasteiger partial charge in [-0.3, -0.25) is 20.2 Å². The molecule has 1 aliphatic rings. The molecule has 0 atom stereocenters. The molecule has 1 fully saturated rings. The smallest absolute Gasteiger partial charge is 0.319 e. The van der Waals surface area contributed by atoms with Gasteiger partial charge in [0.05, 0.1) is 15.9 Å². The molecule has 0 aromatic heterocycles. The lowest BCUT2D eigenvalue weighted by atomic mass is 10.0. The largest absolute Gasteiger partial charge is 0.366 e. The van der Waals surface area contributed by atoms with Crippen LogP contribution in [-0.2, 0) is 0 Å².